The van der Waals surface area contributed by atoms with E-state index in [9.17, 15) is 19.8 Å². The van der Waals surface area contributed by atoms with Crippen LogP contribution in [0.1, 0.15) is 19.3 Å². The van der Waals surface area contributed by atoms with Gasteiger partial charge in [-0.05, 0) is 25.0 Å². The second-order valence-corrected chi connectivity index (χ2v) is 6.43. The first-order chi connectivity index (χ1) is 11.1. The summed E-state index contributed by atoms with van der Waals surface area (Å²) in [5.74, 6) is -0.733. The fourth-order valence-electron chi connectivity index (χ4n) is 3.48. The predicted octanol–water partition coefficient (Wildman–Crippen LogP) is 0.287. The Hall–Kier alpha value is -1.92. The highest BCUT2D eigenvalue weighted by atomic mass is 16.3. The molecule has 1 heterocycles. The van der Waals surface area contributed by atoms with Crippen LogP contribution in [0, 0.1) is 11.8 Å². The summed E-state index contributed by atoms with van der Waals surface area (Å²) in [6.07, 6.45) is 0.669. The van der Waals surface area contributed by atoms with Crippen LogP contribution in [-0.2, 0) is 9.59 Å². The molecule has 0 bridgehead atoms. The van der Waals surface area contributed by atoms with Crippen molar-refractivity contribution in [2.75, 3.05) is 18.1 Å². The molecule has 1 saturated carbocycles. The van der Waals surface area contributed by atoms with Gasteiger partial charge < -0.3 is 20.4 Å². The lowest BCUT2D eigenvalue weighted by molar-refractivity contribution is -0.126. The van der Waals surface area contributed by atoms with Crippen molar-refractivity contribution in [1.29, 1.82) is 0 Å². The van der Waals surface area contributed by atoms with E-state index in [4.69, 9.17) is 0 Å². The molecule has 2 amide bonds. The summed E-state index contributed by atoms with van der Waals surface area (Å²) < 4.78 is 0. The Labute approximate surface area is 135 Å². The lowest BCUT2D eigenvalue weighted by Gasteiger charge is -2.18. The molecule has 4 atom stereocenters. The summed E-state index contributed by atoms with van der Waals surface area (Å²) in [5, 5.41) is 21.9. The Morgan fingerprint density at radius 2 is 2.00 bits per heavy atom. The second-order valence-electron chi connectivity index (χ2n) is 6.43. The molecule has 0 spiro atoms. The van der Waals surface area contributed by atoms with E-state index in [1.165, 1.54) is 0 Å². The Morgan fingerprint density at radius 3 is 2.65 bits per heavy atom. The first kappa shape index (κ1) is 16.0. The Morgan fingerprint density at radius 1 is 1.26 bits per heavy atom. The van der Waals surface area contributed by atoms with Crippen LogP contribution in [0.25, 0.3) is 0 Å². The van der Waals surface area contributed by atoms with E-state index < -0.39 is 6.10 Å². The molecule has 2 fully saturated rings. The third-order valence-electron chi connectivity index (χ3n) is 4.80. The molecule has 1 aliphatic heterocycles. The van der Waals surface area contributed by atoms with Crippen molar-refractivity contribution in [2.45, 2.75) is 31.4 Å². The highest BCUT2D eigenvalue weighted by Crippen LogP contribution is 2.28. The third-order valence-corrected chi connectivity index (χ3v) is 4.80. The standard InChI is InChI=1S/C17H22N2O4/c20-10-12-6-13(8-15(12)21)18-17(23)11-7-16(22)19(9-11)14-4-2-1-3-5-14/h1-5,11-13,15,20-21H,6-10H2,(H,18,23)/t11-,12-,13-,15-/m1/s1. The third kappa shape index (κ3) is 3.38. The van der Waals surface area contributed by atoms with Crippen LogP contribution >= 0.6 is 0 Å². The molecule has 1 aromatic rings. The molecular formula is C17H22N2O4. The molecule has 3 rings (SSSR count). The van der Waals surface area contributed by atoms with E-state index in [-0.39, 0.29) is 42.7 Å². The maximum atomic E-state index is 12.4. The number of amides is 2. The van der Waals surface area contributed by atoms with Gasteiger partial charge in [-0.3, -0.25) is 9.59 Å². The van der Waals surface area contributed by atoms with E-state index >= 15 is 0 Å². The fraction of sp³-hybridized carbons (Fsp3) is 0.529. The van der Waals surface area contributed by atoms with E-state index in [1.54, 1.807) is 4.90 Å². The number of carbonyl (C=O) groups excluding carboxylic acids is 2. The number of para-hydroxylation sites is 1. The number of benzene rings is 1. The molecule has 0 aromatic heterocycles. The molecule has 6 nitrogen and oxygen atoms in total. The number of hydrogen-bond donors (Lipinski definition) is 3. The van der Waals surface area contributed by atoms with Crippen molar-refractivity contribution in [1.82, 2.24) is 5.32 Å². The molecule has 1 saturated heterocycles. The smallest absolute Gasteiger partial charge is 0.227 e. The maximum absolute atomic E-state index is 12.4. The van der Waals surface area contributed by atoms with Gasteiger partial charge in [-0.25, -0.2) is 0 Å². The van der Waals surface area contributed by atoms with Gasteiger partial charge in [-0.2, -0.15) is 0 Å². The lowest BCUT2D eigenvalue weighted by atomic mass is 10.1. The molecule has 1 aliphatic carbocycles. The molecule has 124 valence electrons. The quantitative estimate of drug-likeness (QED) is 0.744. The average molecular weight is 318 g/mol. The molecule has 6 heteroatoms. The maximum Gasteiger partial charge on any atom is 0.227 e. The monoisotopic (exact) mass is 318 g/mol. The van der Waals surface area contributed by atoms with E-state index in [2.05, 4.69) is 5.32 Å². The van der Waals surface area contributed by atoms with Crippen LogP contribution in [0.4, 0.5) is 5.69 Å². The van der Waals surface area contributed by atoms with Gasteiger partial charge in [0.2, 0.25) is 11.8 Å². The van der Waals surface area contributed by atoms with Crippen LogP contribution in [0.3, 0.4) is 0 Å². The largest absolute Gasteiger partial charge is 0.396 e. The van der Waals surface area contributed by atoms with Gasteiger partial charge in [0, 0.05) is 37.2 Å². The molecule has 1 aromatic carbocycles. The zero-order chi connectivity index (χ0) is 16.4. The SMILES string of the molecule is O=C(N[C@@H]1C[C@H](CO)[C@H](O)C1)[C@@H]1CC(=O)N(c2ccccc2)C1. The highest BCUT2D eigenvalue weighted by Gasteiger charge is 2.38. The first-order valence-corrected chi connectivity index (χ1v) is 8.03. The summed E-state index contributed by atoms with van der Waals surface area (Å²) in [5.41, 5.74) is 0.810. The number of carbonyl (C=O) groups is 2. The van der Waals surface area contributed by atoms with Crippen LogP contribution in [0.5, 0.6) is 0 Å². The van der Waals surface area contributed by atoms with Crippen molar-refractivity contribution >= 4 is 17.5 Å². The lowest BCUT2D eigenvalue weighted by Crippen LogP contribution is -2.39. The van der Waals surface area contributed by atoms with Gasteiger partial charge in [0.25, 0.3) is 0 Å². The Kier molecular flexibility index (Phi) is 4.63. The molecule has 0 radical (unpaired) electrons. The Balaban J connectivity index is 1.58. The zero-order valence-corrected chi connectivity index (χ0v) is 12.9. The number of aliphatic hydroxyl groups excluding tert-OH is 2. The minimum Gasteiger partial charge on any atom is -0.396 e. The minimum atomic E-state index is -0.573. The summed E-state index contributed by atoms with van der Waals surface area (Å²) in [6, 6.07) is 9.21. The molecule has 3 N–H and O–H groups in total. The van der Waals surface area contributed by atoms with Gasteiger partial charge in [0.05, 0.1) is 12.0 Å². The minimum absolute atomic E-state index is 0.0453. The number of hydrogen-bond acceptors (Lipinski definition) is 4. The van der Waals surface area contributed by atoms with Crippen molar-refractivity contribution in [3.05, 3.63) is 30.3 Å². The number of nitrogens with zero attached hydrogens (tertiary/aromatic N) is 1. The van der Waals surface area contributed by atoms with E-state index in [0.29, 0.717) is 19.4 Å². The summed E-state index contributed by atoms with van der Waals surface area (Å²) in [4.78, 5) is 26.2. The van der Waals surface area contributed by atoms with Gasteiger partial charge in [-0.15, -0.1) is 0 Å². The summed E-state index contributed by atoms with van der Waals surface area (Å²) >= 11 is 0. The number of rotatable bonds is 4. The van der Waals surface area contributed by atoms with Gasteiger partial charge in [-0.1, -0.05) is 18.2 Å². The summed E-state index contributed by atoms with van der Waals surface area (Å²) in [7, 11) is 0. The molecule has 23 heavy (non-hydrogen) atoms. The predicted molar refractivity (Wildman–Crippen MR) is 84.6 cm³/mol. The van der Waals surface area contributed by atoms with Gasteiger partial charge in [0.15, 0.2) is 0 Å². The van der Waals surface area contributed by atoms with E-state index in [0.717, 1.165) is 5.69 Å². The topological polar surface area (TPSA) is 89.9 Å². The van der Waals surface area contributed by atoms with Gasteiger partial charge >= 0.3 is 0 Å². The van der Waals surface area contributed by atoms with Crippen LogP contribution in [0.2, 0.25) is 0 Å². The molecular weight excluding hydrogens is 296 g/mol. The fourth-order valence-corrected chi connectivity index (χ4v) is 3.48. The van der Waals surface area contributed by atoms with Crippen LogP contribution < -0.4 is 10.2 Å². The van der Waals surface area contributed by atoms with Crippen LogP contribution in [-0.4, -0.2) is 47.3 Å². The van der Waals surface area contributed by atoms with Crippen molar-refractivity contribution in [3.63, 3.8) is 0 Å². The Bertz CT molecular complexity index is 577. The molecule has 2 aliphatic rings. The normalized spacial score (nSPS) is 30.7. The second kappa shape index (κ2) is 6.68. The average Bonchev–Trinajstić information content (AvgIpc) is 3.11. The summed E-state index contributed by atoms with van der Waals surface area (Å²) in [6.45, 7) is 0.310. The van der Waals surface area contributed by atoms with Gasteiger partial charge in [0.1, 0.15) is 0 Å². The number of anilines is 1. The van der Waals surface area contributed by atoms with Crippen LogP contribution in [0.15, 0.2) is 30.3 Å². The van der Waals surface area contributed by atoms with E-state index in [1.807, 2.05) is 30.3 Å². The molecule has 0 unspecified atom stereocenters. The first-order valence-electron chi connectivity index (χ1n) is 8.03. The highest BCUT2D eigenvalue weighted by molar-refractivity contribution is 6.00. The van der Waals surface area contributed by atoms with Crippen molar-refractivity contribution in [3.8, 4) is 0 Å². The zero-order valence-electron chi connectivity index (χ0n) is 12.9. The number of nitrogens with one attached hydrogen (secondary N) is 1. The van der Waals surface area contributed by atoms with Crippen molar-refractivity contribution < 1.29 is 19.8 Å². The van der Waals surface area contributed by atoms with Crippen molar-refractivity contribution in [2.24, 2.45) is 11.8 Å². The number of aliphatic hydroxyl groups is 2.